The van der Waals surface area contributed by atoms with Crippen molar-refractivity contribution < 1.29 is 14.3 Å². The highest BCUT2D eigenvalue weighted by molar-refractivity contribution is 7.12. The van der Waals surface area contributed by atoms with Crippen molar-refractivity contribution in [2.75, 3.05) is 37.7 Å². The number of piperazine rings is 1. The van der Waals surface area contributed by atoms with E-state index < -0.39 is 11.5 Å². The Morgan fingerprint density at radius 1 is 1.11 bits per heavy atom. The Morgan fingerprint density at radius 3 is 2.66 bits per heavy atom. The molecule has 0 spiro atoms. The molecule has 4 heterocycles. The van der Waals surface area contributed by atoms with Crippen LogP contribution in [0, 0.1) is 0 Å². The van der Waals surface area contributed by atoms with Crippen molar-refractivity contribution in [2.24, 2.45) is 0 Å². The highest BCUT2D eigenvalue weighted by Gasteiger charge is 2.31. The van der Waals surface area contributed by atoms with Gasteiger partial charge in [-0.2, -0.15) is 0 Å². The van der Waals surface area contributed by atoms with Gasteiger partial charge >= 0.3 is 5.97 Å². The molecular weight excluding hydrogens is 500 g/mol. The predicted octanol–water partition coefficient (Wildman–Crippen LogP) is 4.43. The summed E-state index contributed by atoms with van der Waals surface area (Å²) in [6.45, 7) is 6.16. The van der Waals surface area contributed by atoms with E-state index in [1.165, 1.54) is 11.3 Å². The van der Waals surface area contributed by atoms with Gasteiger partial charge in [0, 0.05) is 44.3 Å². The Bertz CT molecular complexity index is 1510. The predicted molar refractivity (Wildman–Crippen MR) is 150 cm³/mol. The first-order chi connectivity index (χ1) is 18.5. The molecule has 9 heteroatoms. The fourth-order valence-corrected chi connectivity index (χ4v) is 5.60. The zero-order valence-electron chi connectivity index (χ0n) is 21.6. The third kappa shape index (κ3) is 5.06. The van der Waals surface area contributed by atoms with Gasteiger partial charge in [0.25, 0.3) is 11.5 Å². The van der Waals surface area contributed by atoms with Gasteiger partial charge in [0.1, 0.15) is 11.2 Å². The van der Waals surface area contributed by atoms with E-state index in [2.05, 4.69) is 17.1 Å². The number of hydrogen-bond donors (Lipinski definition) is 0. The molecule has 2 aliphatic rings. The number of aromatic nitrogens is 2. The van der Waals surface area contributed by atoms with E-state index in [4.69, 9.17) is 4.74 Å². The standard InChI is InChI=1S/C29H30N4O4S/c1-3-37-29(36)24-25(31-14-16-32(17-15-31)27(34)23-10-6-18-38-23)22-9-5-13-30-26(22)33(28(24)35)19-21-8-4-7-20(2)11-12-21/h4-7,9-13,18H,3,8,14-17,19H2,1-2H3. The van der Waals surface area contributed by atoms with Gasteiger partial charge < -0.3 is 14.5 Å². The van der Waals surface area contributed by atoms with E-state index in [1.807, 2.05) is 58.5 Å². The minimum absolute atomic E-state index is 0.00205. The molecule has 1 aliphatic heterocycles. The van der Waals surface area contributed by atoms with Crippen LogP contribution >= 0.6 is 11.3 Å². The third-order valence-corrected chi connectivity index (χ3v) is 7.65. The van der Waals surface area contributed by atoms with Gasteiger partial charge in [0.15, 0.2) is 0 Å². The fraction of sp³-hybridized carbons (Fsp3) is 0.310. The van der Waals surface area contributed by atoms with E-state index in [1.54, 1.807) is 17.7 Å². The summed E-state index contributed by atoms with van der Waals surface area (Å²) in [5.74, 6) is -0.642. The Balaban J connectivity index is 1.56. The zero-order chi connectivity index (χ0) is 26.6. The number of allylic oxidation sites excluding steroid dienone is 6. The average Bonchev–Trinajstić information content (AvgIpc) is 3.39. The number of amides is 1. The van der Waals surface area contributed by atoms with Crippen molar-refractivity contribution in [3.63, 3.8) is 0 Å². The molecule has 38 heavy (non-hydrogen) atoms. The van der Waals surface area contributed by atoms with Crippen LogP contribution < -0.4 is 10.5 Å². The van der Waals surface area contributed by atoms with Crippen LogP contribution in [0.3, 0.4) is 0 Å². The van der Waals surface area contributed by atoms with E-state index >= 15 is 0 Å². The summed E-state index contributed by atoms with van der Waals surface area (Å²) in [5.41, 5.74) is 2.82. The summed E-state index contributed by atoms with van der Waals surface area (Å²) in [6.07, 6.45) is 10.5. The quantitative estimate of drug-likeness (QED) is 0.439. The van der Waals surface area contributed by atoms with Gasteiger partial charge in [-0.3, -0.25) is 14.2 Å². The molecule has 0 bridgehead atoms. The van der Waals surface area contributed by atoms with Gasteiger partial charge in [-0.1, -0.05) is 35.9 Å². The van der Waals surface area contributed by atoms with Crippen LogP contribution in [-0.2, 0) is 11.3 Å². The topological polar surface area (TPSA) is 84.7 Å². The first-order valence-corrected chi connectivity index (χ1v) is 13.6. The van der Waals surface area contributed by atoms with Crippen LogP contribution in [0.4, 0.5) is 5.69 Å². The molecule has 0 atom stereocenters. The first-order valence-electron chi connectivity index (χ1n) is 12.8. The summed E-state index contributed by atoms with van der Waals surface area (Å²) in [4.78, 5) is 49.2. The second kappa shape index (κ2) is 11.2. The highest BCUT2D eigenvalue weighted by atomic mass is 32.1. The van der Waals surface area contributed by atoms with Gasteiger partial charge in [-0.05, 0) is 49.4 Å². The number of esters is 1. The molecule has 3 aromatic heterocycles. The van der Waals surface area contributed by atoms with Crippen molar-refractivity contribution in [1.82, 2.24) is 14.5 Å². The summed E-state index contributed by atoms with van der Waals surface area (Å²) in [7, 11) is 0. The lowest BCUT2D eigenvalue weighted by Crippen LogP contribution is -2.49. The van der Waals surface area contributed by atoms with Crippen LogP contribution in [0.2, 0.25) is 0 Å². The number of thiophene rings is 1. The molecule has 5 rings (SSSR count). The molecule has 196 valence electrons. The molecule has 8 nitrogen and oxygen atoms in total. The second-order valence-electron chi connectivity index (χ2n) is 9.31. The van der Waals surface area contributed by atoms with Crippen molar-refractivity contribution in [2.45, 2.75) is 26.8 Å². The maximum atomic E-state index is 14.0. The van der Waals surface area contributed by atoms with Crippen LogP contribution in [0.1, 0.15) is 40.3 Å². The molecule has 1 fully saturated rings. The molecular formula is C29H30N4O4S. The van der Waals surface area contributed by atoms with Crippen LogP contribution in [0.25, 0.3) is 11.0 Å². The number of nitrogens with zero attached hydrogens (tertiary/aromatic N) is 4. The van der Waals surface area contributed by atoms with E-state index in [9.17, 15) is 14.4 Å². The Hall–Kier alpha value is -3.98. The molecule has 1 aliphatic carbocycles. The van der Waals surface area contributed by atoms with Gasteiger partial charge in [-0.25, -0.2) is 9.78 Å². The van der Waals surface area contributed by atoms with Crippen molar-refractivity contribution in [1.29, 1.82) is 0 Å². The van der Waals surface area contributed by atoms with E-state index in [-0.39, 0.29) is 18.1 Å². The Kier molecular flexibility index (Phi) is 7.55. The summed E-state index contributed by atoms with van der Waals surface area (Å²) >= 11 is 1.42. The van der Waals surface area contributed by atoms with Crippen LogP contribution in [0.5, 0.6) is 0 Å². The number of rotatable bonds is 6. The third-order valence-electron chi connectivity index (χ3n) is 6.79. The van der Waals surface area contributed by atoms with Crippen molar-refractivity contribution in [3.8, 4) is 0 Å². The largest absolute Gasteiger partial charge is 0.462 e. The number of carbonyl (C=O) groups is 2. The first kappa shape index (κ1) is 25.7. The fourth-order valence-electron chi connectivity index (χ4n) is 4.91. The van der Waals surface area contributed by atoms with E-state index in [0.29, 0.717) is 60.7 Å². The monoisotopic (exact) mass is 530 g/mol. The summed E-state index contributed by atoms with van der Waals surface area (Å²) < 4.78 is 6.96. The molecule has 0 aromatic carbocycles. The van der Waals surface area contributed by atoms with Crippen LogP contribution in [0.15, 0.2) is 76.1 Å². The lowest BCUT2D eigenvalue weighted by atomic mass is 10.1. The normalized spacial score (nSPS) is 15.7. The summed E-state index contributed by atoms with van der Waals surface area (Å²) in [5, 5.41) is 2.60. The van der Waals surface area contributed by atoms with E-state index in [0.717, 1.165) is 11.1 Å². The maximum absolute atomic E-state index is 14.0. The Morgan fingerprint density at radius 2 is 1.92 bits per heavy atom. The SMILES string of the molecule is CCOC(=O)c1c(N2CCN(C(=O)c3cccs3)CC2)c2cccnc2n(CC2=CC=C(C)C=CC2)c1=O. The number of hydrogen-bond acceptors (Lipinski definition) is 7. The van der Waals surface area contributed by atoms with Gasteiger partial charge in [0.2, 0.25) is 0 Å². The average molecular weight is 531 g/mol. The lowest BCUT2D eigenvalue weighted by molar-refractivity contribution is 0.0523. The van der Waals surface area contributed by atoms with Crippen LogP contribution in [-0.4, -0.2) is 59.1 Å². The minimum atomic E-state index is -0.644. The summed E-state index contributed by atoms with van der Waals surface area (Å²) in [6, 6.07) is 7.40. The second-order valence-corrected chi connectivity index (χ2v) is 10.3. The molecule has 0 radical (unpaired) electrons. The Labute approximate surface area is 225 Å². The molecule has 0 saturated carbocycles. The maximum Gasteiger partial charge on any atom is 0.345 e. The number of carbonyl (C=O) groups excluding carboxylic acids is 2. The molecule has 3 aromatic rings. The number of ether oxygens (including phenoxy) is 1. The minimum Gasteiger partial charge on any atom is -0.462 e. The number of pyridine rings is 2. The molecule has 1 saturated heterocycles. The highest BCUT2D eigenvalue weighted by Crippen LogP contribution is 2.30. The zero-order valence-corrected chi connectivity index (χ0v) is 22.4. The lowest BCUT2D eigenvalue weighted by Gasteiger charge is -2.37. The number of fused-ring (bicyclic) bond motifs is 1. The molecule has 1 amide bonds. The molecule has 0 N–H and O–H groups in total. The van der Waals surface area contributed by atoms with Crippen molar-refractivity contribution >= 4 is 39.9 Å². The molecule has 0 unspecified atom stereocenters. The van der Waals surface area contributed by atoms with Gasteiger partial charge in [-0.15, -0.1) is 11.3 Å². The van der Waals surface area contributed by atoms with Gasteiger partial charge in [0.05, 0.1) is 17.2 Å². The number of anilines is 1. The smallest absolute Gasteiger partial charge is 0.345 e. The van der Waals surface area contributed by atoms with Crippen molar-refractivity contribution in [3.05, 3.63) is 92.1 Å².